The number of ether oxygens (including phenoxy) is 1. The fourth-order valence-electron chi connectivity index (χ4n) is 3.00. The molecule has 4 heteroatoms. The summed E-state index contributed by atoms with van der Waals surface area (Å²) in [5, 5.41) is 21.0. The molecule has 2 aromatic carbocycles. The number of aliphatic hydroxyl groups is 2. The lowest BCUT2D eigenvalue weighted by atomic mass is 10.1. The number of aryl methyl sites for hydroxylation is 1. The van der Waals surface area contributed by atoms with E-state index in [1.807, 2.05) is 66.4 Å². The number of rotatable bonds is 5. The van der Waals surface area contributed by atoms with Gasteiger partial charge in [0, 0.05) is 6.54 Å². The molecule has 0 aliphatic carbocycles. The molecular formula is C19H23NO3. The third-order valence-corrected chi connectivity index (χ3v) is 4.35. The second-order valence-corrected chi connectivity index (χ2v) is 6.06. The van der Waals surface area contributed by atoms with E-state index < -0.39 is 12.5 Å². The van der Waals surface area contributed by atoms with Gasteiger partial charge in [0.2, 0.25) is 0 Å². The fraction of sp³-hybridized carbons (Fsp3) is 0.368. The molecule has 23 heavy (non-hydrogen) atoms. The van der Waals surface area contributed by atoms with E-state index in [4.69, 9.17) is 4.74 Å². The van der Waals surface area contributed by atoms with Crippen LogP contribution in [0.25, 0.3) is 0 Å². The Labute approximate surface area is 136 Å². The van der Waals surface area contributed by atoms with Gasteiger partial charge in [-0.1, -0.05) is 60.2 Å². The van der Waals surface area contributed by atoms with E-state index in [1.165, 1.54) is 0 Å². The normalized spacial score (nSPS) is 22.4. The minimum atomic E-state index is -0.862. The van der Waals surface area contributed by atoms with Crippen molar-refractivity contribution in [1.29, 1.82) is 0 Å². The zero-order valence-electron chi connectivity index (χ0n) is 13.3. The van der Waals surface area contributed by atoms with Crippen LogP contribution < -0.4 is 0 Å². The minimum absolute atomic E-state index is 0.216. The maximum Gasteiger partial charge on any atom is 0.170 e. The van der Waals surface area contributed by atoms with Crippen LogP contribution in [0.2, 0.25) is 0 Å². The Bertz CT molecular complexity index is 614. The van der Waals surface area contributed by atoms with E-state index in [1.54, 1.807) is 0 Å². The first-order valence-corrected chi connectivity index (χ1v) is 7.99. The molecule has 3 atom stereocenters. The van der Waals surface area contributed by atoms with Gasteiger partial charge in [0.05, 0.1) is 12.6 Å². The molecule has 1 aliphatic rings. The molecule has 2 N–H and O–H groups in total. The summed E-state index contributed by atoms with van der Waals surface area (Å²) in [5.41, 5.74) is 3.07. The van der Waals surface area contributed by atoms with Gasteiger partial charge in [0.15, 0.2) is 6.29 Å². The summed E-state index contributed by atoms with van der Waals surface area (Å²) in [5.74, 6) is 0. The van der Waals surface area contributed by atoms with Gasteiger partial charge in [0.25, 0.3) is 0 Å². The van der Waals surface area contributed by atoms with E-state index in [0.29, 0.717) is 19.6 Å². The Hall–Kier alpha value is -1.72. The summed E-state index contributed by atoms with van der Waals surface area (Å²) in [7, 11) is 0. The van der Waals surface area contributed by atoms with Crippen LogP contribution in [0.1, 0.15) is 29.3 Å². The Balaban J connectivity index is 1.86. The molecule has 1 fully saturated rings. The molecular weight excluding hydrogens is 290 g/mol. The van der Waals surface area contributed by atoms with Crippen LogP contribution in [0.5, 0.6) is 0 Å². The van der Waals surface area contributed by atoms with Gasteiger partial charge >= 0.3 is 0 Å². The largest absolute Gasteiger partial charge is 0.374 e. The first kappa shape index (κ1) is 16.1. The number of hydrogen-bond acceptors (Lipinski definition) is 4. The van der Waals surface area contributed by atoms with E-state index in [0.717, 1.165) is 16.7 Å². The summed E-state index contributed by atoms with van der Waals surface area (Å²) < 4.78 is 5.29. The summed E-state index contributed by atoms with van der Waals surface area (Å²) in [6.45, 7) is 3.09. The van der Waals surface area contributed by atoms with Gasteiger partial charge in [-0.25, -0.2) is 0 Å². The zero-order valence-corrected chi connectivity index (χ0v) is 13.3. The standard InChI is InChI=1S/C19H23NO3/c1-14-7-9-16(10-8-14)18(21)20(17-11-12-23-19(17)22)13-15-5-3-2-4-6-15/h2-10,17-19,21-22H,11-13H2,1H3. The van der Waals surface area contributed by atoms with Crippen LogP contribution in [0.15, 0.2) is 54.6 Å². The van der Waals surface area contributed by atoms with Crippen molar-refractivity contribution in [2.24, 2.45) is 0 Å². The van der Waals surface area contributed by atoms with Gasteiger partial charge < -0.3 is 14.9 Å². The van der Waals surface area contributed by atoms with Crippen molar-refractivity contribution in [2.45, 2.75) is 38.4 Å². The lowest BCUT2D eigenvalue weighted by molar-refractivity contribution is -0.128. The van der Waals surface area contributed by atoms with Crippen LogP contribution in [0, 0.1) is 6.92 Å². The first-order chi connectivity index (χ1) is 11.1. The molecule has 2 aromatic rings. The highest BCUT2D eigenvalue weighted by Crippen LogP contribution is 2.29. The maximum atomic E-state index is 10.9. The van der Waals surface area contributed by atoms with Crippen molar-refractivity contribution in [3.8, 4) is 0 Å². The Morgan fingerprint density at radius 3 is 2.43 bits per heavy atom. The lowest BCUT2D eigenvalue weighted by Crippen LogP contribution is -2.42. The highest BCUT2D eigenvalue weighted by Gasteiger charge is 2.35. The van der Waals surface area contributed by atoms with Gasteiger partial charge in [0.1, 0.15) is 6.23 Å². The maximum absolute atomic E-state index is 10.9. The molecule has 0 amide bonds. The molecule has 122 valence electrons. The monoisotopic (exact) mass is 313 g/mol. The van der Waals surface area contributed by atoms with Crippen LogP contribution in [-0.4, -0.2) is 34.1 Å². The summed E-state index contributed by atoms with van der Waals surface area (Å²) in [6, 6.07) is 17.6. The predicted molar refractivity (Wildman–Crippen MR) is 88.5 cm³/mol. The third kappa shape index (κ3) is 3.79. The van der Waals surface area contributed by atoms with Gasteiger partial charge in [-0.3, -0.25) is 4.90 Å². The minimum Gasteiger partial charge on any atom is -0.374 e. The average Bonchev–Trinajstić information content (AvgIpc) is 2.99. The smallest absolute Gasteiger partial charge is 0.170 e. The van der Waals surface area contributed by atoms with Crippen molar-refractivity contribution < 1.29 is 14.9 Å². The number of benzene rings is 2. The van der Waals surface area contributed by atoms with E-state index in [9.17, 15) is 10.2 Å². The number of aliphatic hydroxyl groups excluding tert-OH is 2. The van der Waals surface area contributed by atoms with Crippen molar-refractivity contribution in [2.75, 3.05) is 6.61 Å². The van der Waals surface area contributed by atoms with E-state index in [2.05, 4.69) is 0 Å². The first-order valence-electron chi connectivity index (χ1n) is 7.99. The van der Waals surface area contributed by atoms with Gasteiger partial charge in [-0.2, -0.15) is 0 Å². The second-order valence-electron chi connectivity index (χ2n) is 6.06. The molecule has 0 saturated carbocycles. The third-order valence-electron chi connectivity index (χ3n) is 4.35. The fourth-order valence-corrected chi connectivity index (χ4v) is 3.00. The van der Waals surface area contributed by atoms with Crippen LogP contribution in [0.3, 0.4) is 0 Å². The summed E-state index contributed by atoms with van der Waals surface area (Å²) in [4.78, 5) is 1.91. The van der Waals surface area contributed by atoms with E-state index in [-0.39, 0.29) is 6.04 Å². The van der Waals surface area contributed by atoms with Gasteiger partial charge in [-0.05, 0) is 24.5 Å². The summed E-state index contributed by atoms with van der Waals surface area (Å²) >= 11 is 0. The van der Waals surface area contributed by atoms with Crippen molar-refractivity contribution in [3.63, 3.8) is 0 Å². The highest BCUT2D eigenvalue weighted by molar-refractivity contribution is 5.23. The SMILES string of the molecule is Cc1ccc(C(O)N(Cc2ccccc2)C2CCOC2O)cc1. The Kier molecular flexibility index (Phi) is 5.08. The molecule has 4 nitrogen and oxygen atoms in total. The number of hydrogen-bond donors (Lipinski definition) is 2. The van der Waals surface area contributed by atoms with Crippen molar-refractivity contribution in [3.05, 3.63) is 71.3 Å². The Morgan fingerprint density at radius 1 is 1.13 bits per heavy atom. The molecule has 0 bridgehead atoms. The molecule has 0 radical (unpaired) electrons. The second kappa shape index (κ2) is 7.23. The van der Waals surface area contributed by atoms with E-state index >= 15 is 0 Å². The molecule has 1 saturated heterocycles. The van der Waals surface area contributed by atoms with Crippen LogP contribution in [-0.2, 0) is 11.3 Å². The molecule has 0 aromatic heterocycles. The van der Waals surface area contributed by atoms with Crippen LogP contribution in [0.4, 0.5) is 0 Å². The lowest BCUT2D eigenvalue weighted by Gasteiger charge is -2.34. The zero-order chi connectivity index (χ0) is 16.2. The molecule has 1 aliphatic heterocycles. The molecule has 0 spiro atoms. The molecule has 1 heterocycles. The topological polar surface area (TPSA) is 52.9 Å². The quantitative estimate of drug-likeness (QED) is 0.833. The van der Waals surface area contributed by atoms with Crippen molar-refractivity contribution >= 4 is 0 Å². The Morgan fingerprint density at radius 2 is 1.83 bits per heavy atom. The van der Waals surface area contributed by atoms with Gasteiger partial charge in [-0.15, -0.1) is 0 Å². The molecule has 3 unspecified atom stereocenters. The van der Waals surface area contributed by atoms with Crippen molar-refractivity contribution in [1.82, 2.24) is 4.90 Å². The highest BCUT2D eigenvalue weighted by atomic mass is 16.6. The van der Waals surface area contributed by atoms with Crippen LogP contribution >= 0.6 is 0 Å². The average molecular weight is 313 g/mol. The number of nitrogens with zero attached hydrogens (tertiary/aromatic N) is 1. The molecule has 3 rings (SSSR count). The predicted octanol–water partition coefficient (Wildman–Crippen LogP) is 2.60. The summed E-state index contributed by atoms with van der Waals surface area (Å²) in [6.07, 6.45) is -0.937.